The van der Waals surface area contributed by atoms with Gasteiger partial charge in [-0.05, 0) is 28.1 Å². The number of amidine groups is 1. The summed E-state index contributed by atoms with van der Waals surface area (Å²) in [6.07, 6.45) is 0. The minimum Gasteiger partial charge on any atom is -0.384 e. The summed E-state index contributed by atoms with van der Waals surface area (Å²) in [4.78, 5) is 1.74. The van der Waals surface area contributed by atoms with Crippen LogP contribution in [0.15, 0.2) is 16.6 Å². The maximum absolute atomic E-state index is 14.0. The van der Waals surface area contributed by atoms with Crippen LogP contribution in [0.3, 0.4) is 0 Å². The zero-order chi connectivity index (χ0) is 13.0. The molecule has 0 unspecified atom stereocenters. The van der Waals surface area contributed by atoms with Crippen LogP contribution in [0.2, 0.25) is 0 Å². The van der Waals surface area contributed by atoms with Gasteiger partial charge in [-0.15, -0.1) is 0 Å². The molecule has 0 bridgehead atoms. The molecule has 1 aromatic rings. The van der Waals surface area contributed by atoms with Gasteiger partial charge in [-0.25, -0.2) is 4.39 Å². The highest BCUT2D eigenvalue weighted by Crippen LogP contribution is 2.28. The van der Waals surface area contributed by atoms with Crippen molar-refractivity contribution in [1.82, 2.24) is 0 Å². The summed E-state index contributed by atoms with van der Waals surface area (Å²) in [5, 5.41) is 7.31. The lowest BCUT2D eigenvalue weighted by atomic mass is 10.1. The Kier molecular flexibility index (Phi) is 4.89. The molecule has 0 radical (unpaired) electrons. The lowest BCUT2D eigenvalue weighted by Crippen LogP contribution is -2.23. The molecule has 3 N–H and O–H groups in total. The van der Waals surface area contributed by atoms with E-state index < -0.39 is 5.82 Å². The number of benzene rings is 1. The number of likely N-dealkylation sites (N-methyl/N-ethyl adjacent to an activating group) is 1. The molecule has 0 saturated carbocycles. The fraction of sp³-hybridized carbons (Fsp3) is 0.364. The zero-order valence-electron chi connectivity index (χ0n) is 9.76. The van der Waals surface area contributed by atoms with Crippen molar-refractivity contribution in [2.75, 3.05) is 32.2 Å². The minimum absolute atomic E-state index is 0.165. The monoisotopic (exact) mass is 303 g/mol. The second-order valence-corrected chi connectivity index (χ2v) is 4.38. The van der Waals surface area contributed by atoms with E-state index >= 15 is 0 Å². The lowest BCUT2D eigenvalue weighted by Gasteiger charge is -2.20. The number of anilines is 1. The molecule has 6 heteroatoms. The second-order valence-electron chi connectivity index (χ2n) is 3.59. The maximum atomic E-state index is 14.0. The third kappa shape index (κ3) is 3.17. The van der Waals surface area contributed by atoms with Crippen molar-refractivity contribution < 1.29 is 9.13 Å². The number of methoxy groups -OCH3 is 1. The Hall–Kier alpha value is -1.14. The molecule has 1 rings (SSSR count). The number of halogens is 2. The summed E-state index contributed by atoms with van der Waals surface area (Å²) in [5.74, 6) is -0.585. The molecule has 0 saturated heterocycles. The first kappa shape index (κ1) is 13.9. The molecule has 0 amide bonds. The van der Waals surface area contributed by atoms with E-state index in [9.17, 15) is 4.39 Å². The van der Waals surface area contributed by atoms with E-state index in [2.05, 4.69) is 15.9 Å². The molecule has 1 aromatic carbocycles. The van der Waals surface area contributed by atoms with Crippen molar-refractivity contribution in [2.45, 2.75) is 0 Å². The number of rotatable bonds is 5. The van der Waals surface area contributed by atoms with E-state index in [0.29, 0.717) is 24.4 Å². The van der Waals surface area contributed by atoms with E-state index in [4.69, 9.17) is 15.9 Å². The summed E-state index contributed by atoms with van der Waals surface area (Å²) in [6, 6.07) is 3.22. The van der Waals surface area contributed by atoms with Gasteiger partial charge in [0.15, 0.2) is 5.82 Å². The predicted molar refractivity (Wildman–Crippen MR) is 70.3 cm³/mol. The smallest absolute Gasteiger partial charge is 0.161 e. The highest BCUT2D eigenvalue weighted by atomic mass is 79.9. The summed E-state index contributed by atoms with van der Waals surface area (Å²) >= 11 is 3.11. The summed E-state index contributed by atoms with van der Waals surface area (Å²) in [5.41, 5.74) is 6.14. The quantitative estimate of drug-likeness (QED) is 0.645. The molecule has 0 fully saturated rings. The van der Waals surface area contributed by atoms with Crippen LogP contribution in [-0.4, -0.2) is 33.1 Å². The molecule has 0 aliphatic heterocycles. The molecule has 17 heavy (non-hydrogen) atoms. The number of nitrogens with two attached hydrogens (primary N) is 1. The second kappa shape index (κ2) is 5.97. The van der Waals surface area contributed by atoms with Gasteiger partial charge >= 0.3 is 0 Å². The first-order chi connectivity index (χ1) is 7.99. The molecule has 0 heterocycles. The van der Waals surface area contributed by atoms with Crippen LogP contribution in [0, 0.1) is 11.2 Å². The standard InChI is InChI=1S/C11H15BrFN3O/c1-16(5-6-17-2)8-4-3-7(11(14)15)9(12)10(8)13/h3-4H,5-6H2,1-2H3,(H3,14,15). The van der Waals surface area contributed by atoms with Gasteiger partial charge in [0, 0.05) is 26.3 Å². The first-order valence-electron chi connectivity index (χ1n) is 5.01. The summed E-state index contributed by atoms with van der Waals surface area (Å²) in [6.45, 7) is 1.10. The highest BCUT2D eigenvalue weighted by Gasteiger charge is 2.15. The fourth-order valence-electron chi connectivity index (χ4n) is 1.39. The van der Waals surface area contributed by atoms with Gasteiger partial charge < -0.3 is 15.4 Å². The number of nitrogens with zero attached hydrogens (tertiary/aromatic N) is 1. The zero-order valence-corrected chi connectivity index (χ0v) is 11.3. The summed E-state index contributed by atoms with van der Waals surface area (Å²) < 4.78 is 19.2. The molecule has 4 nitrogen and oxygen atoms in total. The van der Waals surface area contributed by atoms with Crippen LogP contribution >= 0.6 is 15.9 Å². The maximum Gasteiger partial charge on any atom is 0.161 e. The normalized spacial score (nSPS) is 10.4. The first-order valence-corrected chi connectivity index (χ1v) is 5.80. The Morgan fingerprint density at radius 1 is 1.59 bits per heavy atom. The molecule has 0 aliphatic rings. The molecule has 0 atom stereocenters. The topological polar surface area (TPSA) is 62.3 Å². The van der Waals surface area contributed by atoms with Crippen molar-refractivity contribution in [1.29, 1.82) is 5.41 Å². The van der Waals surface area contributed by atoms with Crippen molar-refractivity contribution in [2.24, 2.45) is 5.73 Å². The van der Waals surface area contributed by atoms with Crippen LogP contribution < -0.4 is 10.6 Å². The van der Waals surface area contributed by atoms with Crippen molar-refractivity contribution in [3.05, 3.63) is 28.0 Å². The van der Waals surface area contributed by atoms with Crippen LogP contribution in [0.1, 0.15) is 5.56 Å². The summed E-state index contributed by atoms with van der Waals surface area (Å²) in [7, 11) is 3.37. The Balaban J connectivity index is 3.03. The molecular weight excluding hydrogens is 289 g/mol. The number of hydrogen-bond donors (Lipinski definition) is 2. The van der Waals surface area contributed by atoms with Crippen LogP contribution in [-0.2, 0) is 4.74 Å². The van der Waals surface area contributed by atoms with Gasteiger partial charge in [0.25, 0.3) is 0 Å². The van der Waals surface area contributed by atoms with Gasteiger partial charge in [0.05, 0.1) is 16.8 Å². The Labute approximate surface area is 108 Å². The Bertz CT molecular complexity index is 425. The number of hydrogen-bond acceptors (Lipinski definition) is 3. The van der Waals surface area contributed by atoms with Gasteiger partial charge in [-0.3, -0.25) is 5.41 Å². The highest BCUT2D eigenvalue weighted by molar-refractivity contribution is 9.10. The van der Waals surface area contributed by atoms with Gasteiger partial charge in [0.1, 0.15) is 5.84 Å². The van der Waals surface area contributed by atoms with Crippen LogP contribution in [0.5, 0.6) is 0 Å². The van der Waals surface area contributed by atoms with Gasteiger partial charge in [0.2, 0.25) is 0 Å². The molecule has 0 aliphatic carbocycles. The lowest BCUT2D eigenvalue weighted by molar-refractivity contribution is 0.206. The average molecular weight is 304 g/mol. The van der Waals surface area contributed by atoms with Gasteiger partial charge in [-0.1, -0.05) is 0 Å². The molecular formula is C11H15BrFN3O. The number of ether oxygens (including phenoxy) is 1. The van der Waals surface area contributed by atoms with E-state index in [1.54, 1.807) is 31.2 Å². The Morgan fingerprint density at radius 3 is 2.76 bits per heavy atom. The molecule has 0 spiro atoms. The third-order valence-corrected chi connectivity index (χ3v) is 3.17. The third-order valence-electron chi connectivity index (χ3n) is 2.39. The minimum atomic E-state index is -0.420. The number of nitrogen functional groups attached to an aromatic ring is 1. The van der Waals surface area contributed by atoms with Crippen LogP contribution in [0.25, 0.3) is 0 Å². The van der Waals surface area contributed by atoms with E-state index in [1.807, 2.05) is 0 Å². The van der Waals surface area contributed by atoms with E-state index in [1.165, 1.54) is 0 Å². The van der Waals surface area contributed by atoms with E-state index in [-0.39, 0.29) is 10.3 Å². The van der Waals surface area contributed by atoms with Crippen molar-refractivity contribution >= 4 is 27.5 Å². The Morgan fingerprint density at radius 2 is 2.24 bits per heavy atom. The van der Waals surface area contributed by atoms with E-state index in [0.717, 1.165) is 0 Å². The fourth-order valence-corrected chi connectivity index (χ4v) is 1.94. The van der Waals surface area contributed by atoms with Crippen LogP contribution in [0.4, 0.5) is 10.1 Å². The van der Waals surface area contributed by atoms with Gasteiger partial charge in [-0.2, -0.15) is 0 Å². The average Bonchev–Trinajstić information content (AvgIpc) is 2.29. The molecule has 94 valence electrons. The molecule has 0 aromatic heterocycles. The SMILES string of the molecule is COCCN(C)c1ccc(C(=N)N)c(Br)c1F. The largest absolute Gasteiger partial charge is 0.384 e. The predicted octanol–water partition coefficient (Wildman–Crippen LogP) is 1.95. The van der Waals surface area contributed by atoms with Crippen molar-refractivity contribution in [3.63, 3.8) is 0 Å². The van der Waals surface area contributed by atoms with Crippen molar-refractivity contribution in [3.8, 4) is 0 Å². The number of nitrogens with one attached hydrogen (secondary N) is 1.